The molecule has 31 heavy (non-hydrogen) atoms. The number of likely N-dealkylation sites (tertiary alicyclic amines) is 1. The van der Waals surface area contributed by atoms with Crippen molar-refractivity contribution in [2.24, 2.45) is 0 Å². The van der Waals surface area contributed by atoms with E-state index < -0.39 is 17.8 Å². The monoisotopic (exact) mass is 454 g/mol. The number of nitrogens with zero attached hydrogens (tertiary/aromatic N) is 2. The summed E-state index contributed by atoms with van der Waals surface area (Å²) in [7, 11) is 0. The van der Waals surface area contributed by atoms with Crippen LogP contribution in [0.1, 0.15) is 55.6 Å². The minimum absolute atomic E-state index is 0.0221. The summed E-state index contributed by atoms with van der Waals surface area (Å²) in [5, 5.41) is 7.61. The van der Waals surface area contributed by atoms with Gasteiger partial charge >= 0.3 is 6.18 Å². The first kappa shape index (κ1) is 23.1. The molecule has 1 saturated heterocycles. The minimum Gasteiger partial charge on any atom is -0.352 e. The highest BCUT2D eigenvalue weighted by molar-refractivity contribution is 7.14. The number of anilines is 2. The SMILES string of the molecule is CC[C@H](C)NC(=O)[C@H]1CCCCN1C(=O)c1csc(Nc2cccc(C(F)(F)F)c2)n1. The number of benzene rings is 1. The average Bonchev–Trinajstić information content (AvgIpc) is 3.21. The Hall–Kier alpha value is -2.62. The Bertz CT molecular complexity index is 931. The predicted octanol–water partition coefficient (Wildman–Crippen LogP) is 4.81. The quantitative estimate of drug-likeness (QED) is 0.657. The molecule has 1 fully saturated rings. The highest BCUT2D eigenvalue weighted by Gasteiger charge is 2.34. The van der Waals surface area contributed by atoms with Crippen molar-refractivity contribution in [2.75, 3.05) is 11.9 Å². The third-order valence-electron chi connectivity index (χ3n) is 5.23. The van der Waals surface area contributed by atoms with Crippen molar-refractivity contribution >= 4 is 34.0 Å². The predicted molar refractivity (Wildman–Crippen MR) is 113 cm³/mol. The normalized spacial score (nSPS) is 17.8. The van der Waals surface area contributed by atoms with Gasteiger partial charge in [-0.3, -0.25) is 9.59 Å². The fourth-order valence-electron chi connectivity index (χ4n) is 3.36. The van der Waals surface area contributed by atoms with Crippen LogP contribution in [0.3, 0.4) is 0 Å². The van der Waals surface area contributed by atoms with Crippen molar-refractivity contribution < 1.29 is 22.8 Å². The van der Waals surface area contributed by atoms with Crippen LogP contribution in [0.15, 0.2) is 29.6 Å². The molecule has 2 aromatic rings. The summed E-state index contributed by atoms with van der Waals surface area (Å²) in [6, 6.07) is 4.26. The summed E-state index contributed by atoms with van der Waals surface area (Å²) in [6.07, 6.45) is -1.39. The van der Waals surface area contributed by atoms with Crippen LogP contribution in [0.25, 0.3) is 0 Å². The molecule has 2 atom stereocenters. The number of rotatable bonds is 6. The fraction of sp³-hybridized carbons (Fsp3) is 0.476. The van der Waals surface area contributed by atoms with Gasteiger partial charge in [-0.2, -0.15) is 13.2 Å². The van der Waals surface area contributed by atoms with Crippen molar-refractivity contribution in [1.29, 1.82) is 0 Å². The Morgan fingerprint density at radius 2 is 2.10 bits per heavy atom. The van der Waals surface area contributed by atoms with Gasteiger partial charge in [0.1, 0.15) is 11.7 Å². The van der Waals surface area contributed by atoms with Gasteiger partial charge in [0.2, 0.25) is 5.91 Å². The average molecular weight is 455 g/mol. The lowest BCUT2D eigenvalue weighted by Gasteiger charge is -2.34. The number of nitrogens with one attached hydrogen (secondary N) is 2. The molecule has 168 valence electrons. The molecule has 0 radical (unpaired) electrons. The van der Waals surface area contributed by atoms with Gasteiger partial charge in [0.25, 0.3) is 5.91 Å². The molecule has 1 aliphatic rings. The molecule has 1 aromatic carbocycles. The molecule has 0 unspecified atom stereocenters. The van der Waals surface area contributed by atoms with Gasteiger partial charge in [-0.25, -0.2) is 4.98 Å². The molecule has 10 heteroatoms. The lowest BCUT2D eigenvalue weighted by Crippen LogP contribution is -2.53. The van der Waals surface area contributed by atoms with Gasteiger partial charge in [0, 0.05) is 23.7 Å². The summed E-state index contributed by atoms with van der Waals surface area (Å²) >= 11 is 1.12. The number of thiazole rings is 1. The standard InChI is InChI=1S/C21H25F3N4O2S/c1-3-13(2)25-18(29)17-9-4-5-10-28(17)19(30)16-12-31-20(27-16)26-15-8-6-7-14(11-15)21(22,23)24/h6-8,11-13,17H,3-5,9-10H2,1-2H3,(H,25,29)(H,26,27)/t13-,17+/m0/s1. The lowest BCUT2D eigenvalue weighted by molar-refractivity contribution is -0.137. The van der Waals surface area contributed by atoms with Crippen LogP contribution >= 0.6 is 11.3 Å². The number of piperidine rings is 1. The lowest BCUT2D eigenvalue weighted by atomic mass is 10.0. The van der Waals surface area contributed by atoms with Gasteiger partial charge < -0.3 is 15.5 Å². The fourth-order valence-corrected chi connectivity index (χ4v) is 4.07. The van der Waals surface area contributed by atoms with Crippen molar-refractivity contribution in [1.82, 2.24) is 15.2 Å². The van der Waals surface area contributed by atoms with E-state index in [9.17, 15) is 22.8 Å². The molecule has 2 amide bonds. The third kappa shape index (κ3) is 5.75. The molecule has 3 rings (SSSR count). The van der Waals surface area contributed by atoms with Gasteiger partial charge in [-0.15, -0.1) is 11.3 Å². The Kier molecular flexibility index (Phi) is 7.19. The van der Waals surface area contributed by atoms with E-state index in [0.717, 1.165) is 42.7 Å². The van der Waals surface area contributed by atoms with Crippen LogP contribution in [0.4, 0.5) is 24.0 Å². The van der Waals surface area contributed by atoms with Crippen LogP contribution in [0.2, 0.25) is 0 Å². The van der Waals surface area contributed by atoms with Gasteiger partial charge in [-0.1, -0.05) is 13.0 Å². The maximum absolute atomic E-state index is 13.0. The molecule has 0 spiro atoms. The number of carbonyl (C=O) groups excluding carboxylic acids is 2. The zero-order chi connectivity index (χ0) is 22.6. The van der Waals surface area contributed by atoms with Gasteiger partial charge in [0.05, 0.1) is 5.56 Å². The Morgan fingerprint density at radius 3 is 2.81 bits per heavy atom. The van der Waals surface area contributed by atoms with Crippen molar-refractivity contribution in [2.45, 2.75) is 57.8 Å². The van der Waals surface area contributed by atoms with E-state index in [1.807, 2.05) is 13.8 Å². The second-order valence-electron chi connectivity index (χ2n) is 7.57. The topological polar surface area (TPSA) is 74.3 Å². The van der Waals surface area contributed by atoms with Crippen LogP contribution in [-0.4, -0.2) is 40.3 Å². The van der Waals surface area contributed by atoms with Gasteiger partial charge in [0.15, 0.2) is 5.13 Å². The van der Waals surface area contributed by atoms with E-state index in [1.54, 1.807) is 10.3 Å². The summed E-state index contributed by atoms with van der Waals surface area (Å²) in [6.45, 7) is 4.35. The molecular formula is C21H25F3N4O2S. The summed E-state index contributed by atoms with van der Waals surface area (Å²) < 4.78 is 38.7. The first-order valence-corrected chi connectivity index (χ1v) is 11.1. The van der Waals surface area contributed by atoms with Crippen LogP contribution in [0, 0.1) is 0 Å². The van der Waals surface area contributed by atoms with E-state index >= 15 is 0 Å². The Morgan fingerprint density at radius 1 is 1.32 bits per heavy atom. The maximum atomic E-state index is 13.0. The maximum Gasteiger partial charge on any atom is 0.416 e. The third-order valence-corrected chi connectivity index (χ3v) is 5.99. The first-order valence-electron chi connectivity index (χ1n) is 10.2. The molecule has 2 heterocycles. The number of alkyl halides is 3. The summed E-state index contributed by atoms with van der Waals surface area (Å²) in [5.74, 6) is -0.516. The molecule has 1 aliphatic heterocycles. The van der Waals surface area contributed by atoms with Crippen molar-refractivity contribution in [3.63, 3.8) is 0 Å². The first-order chi connectivity index (χ1) is 14.7. The van der Waals surface area contributed by atoms with Crippen LogP contribution in [0.5, 0.6) is 0 Å². The van der Waals surface area contributed by atoms with E-state index in [-0.39, 0.29) is 29.2 Å². The Labute approximate surface area is 182 Å². The smallest absolute Gasteiger partial charge is 0.352 e. The molecule has 2 N–H and O–H groups in total. The number of aromatic nitrogens is 1. The molecule has 6 nitrogen and oxygen atoms in total. The zero-order valence-corrected chi connectivity index (χ0v) is 18.1. The molecule has 0 saturated carbocycles. The summed E-state index contributed by atoms with van der Waals surface area (Å²) in [5.41, 5.74) is -0.372. The number of halogens is 3. The summed E-state index contributed by atoms with van der Waals surface area (Å²) in [4.78, 5) is 31.5. The largest absolute Gasteiger partial charge is 0.416 e. The molecular weight excluding hydrogens is 429 g/mol. The molecule has 1 aromatic heterocycles. The second-order valence-corrected chi connectivity index (χ2v) is 8.43. The number of carbonyl (C=O) groups is 2. The molecule has 0 aliphatic carbocycles. The highest BCUT2D eigenvalue weighted by atomic mass is 32.1. The number of hydrogen-bond donors (Lipinski definition) is 2. The number of amides is 2. The van der Waals surface area contributed by atoms with Crippen LogP contribution < -0.4 is 10.6 Å². The minimum atomic E-state index is -4.44. The van der Waals surface area contributed by atoms with E-state index in [4.69, 9.17) is 0 Å². The van der Waals surface area contributed by atoms with E-state index in [1.165, 1.54) is 12.1 Å². The number of hydrogen-bond acceptors (Lipinski definition) is 5. The Balaban J connectivity index is 1.72. The zero-order valence-electron chi connectivity index (χ0n) is 17.3. The second kappa shape index (κ2) is 9.67. The van der Waals surface area contributed by atoms with Gasteiger partial charge in [-0.05, 0) is 50.8 Å². The van der Waals surface area contributed by atoms with E-state index in [2.05, 4.69) is 15.6 Å². The van der Waals surface area contributed by atoms with E-state index in [0.29, 0.717) is 18.1 Å². The highest BCUT2D eigenvalue weighted by Crippen LogP contribution is 2.32. The van der Waals surface area contributed by atoms with Crippen molar-refractivity contribution in [3.05, 3.63) is 40.9 Å². The van der Waals surface area contributed by atoms with Crippen LogP contribution in [-0.2, 0) is 11.0 Å². The van der Waals surface area contributed by atoms with Crippen molar-refractivity contribution in [3.8, 4) is 0 Å². The molecule has 0 bridgehead atoms.